The number of hydrogen-bond donors (Lipinski definition) is 2. The molecule has 0 bridgehead atoms. The van der Waals surface area contributed by atoms with Crippen LogP contribution in [0.1, 0.15) is 59.1 Å². The van der Waals surface area contributed by atoms with Gasteiger partial charge >= 0.3 is 0 Å². The van der Waals surface area contributed by atoms with Crippen molar-refractivity contribution >= 4 is 11.8 Å². The average Bonchev–Trinajstić information content (AvgIpc) is 3.07. The van der Waals surface area contributed by atoms with Crippen molar-refractivity contribution < 1.29 is 14.3 Å². The third-order valence-electron chi connectivity index (χ3n) is 4.79. The first-order valence-electron chi connectivity index (χ1n) is 9.81. The van der Waals surface area contributed by atoms with Gasteiger partial charge in [0.2, 0.25) is 0 Å². The van der Waals surface area contributed by atoms with Gasteiger partial charge in [-0.3, -0.25) is 9.59 Å². The van der Waals surface area contributed by atoms with Crippen molar-refractivity contribution in [2.75, 3.05) is 13.7 Å². The Hall–Kier alpha value is -2.83. The summed E-state index contributed by atoms with van der Waals surface area (Å²) in [6, 6.07) is 7.80. The third-order valence-corrected chi connectivity index (χ3v) is 4.79. The number of benzene rings is 1. The van der Waals surface area contributed by atoms with Gasteiger partial charge in [-0.25, -0.2) is 4.98 Å². The lowest BCUT2D eigenvalue weighted by molar-refractivity contribution is 0.0927. The van der Waals surface area contributed by atoms with Gasteiger partial charge in [0.15, 0.2) is 5.82 Å². The predicted octanol–water partition coefficient (Wildman–Crippen LogP) is 2.34. The van der Waals surface area contributed by atoms with Crippen molar-refractivity contribution in [3.05, 3.63) is 47.0 Å². The lowest BCUT2D eigenvalue weighted by Crippen LogP contribution is -2.33. The standard InChI is InChI=1S/C21H28N4O3/c1-14(2)23-21(27)19-24-18(17-9-4-5-12-25(17)19)20(26)22-11-10-15-7-6-8-16(13-15)28-3/h6-8,13-14H,4-5,9-12H2,1-3H3,(H,22,26)(H,23,27). The highest BCUT2D eigenvalue weighted by atomic mass is 16.5. The number of hydrogen-bond acceptors (Lipinski definition) is 4. The smallest absolute Gasteiger partial charge is 0.287 e. The van der Waals surface area contributed by atoms with Gasteiger partial charge in [0.05, 0.1) is 12.8 Å². The molecule has 150 valence electrons. The molecule has 0 radical (unpaired) electrons. The molecule has 2 heterocycles. The minimum absolute atomic E-state index is 0.0178. The van der Waals surface area contributed by atoms with Crippen LogP contribution in [0.2, 0.25) is 0 Å². The van der Waals surface area contributed by atoms with Crippen LogP contribution in [0, 0.1) is 0 Å². The van der Waals surface area contributed by atoms with E-state index >= 15 is 0 Å². The fraction of sp³-hybridized carbons (Fsp3) is 0.476. The Kier molecular flexibility index (Phi) is 6.34. The number of carbonyl (C=O) groups excluding carboxylic acids is 2. The summed E-state index contributed by atoms with van der Waals surface area (Å²) < 4.78 is 7.13. The van der Waals surface area contributed by atoms with E-state index in [2.05, 4.69) is 15.6 Å². The number of methoxy groups -OCH3 is 1. The number of fused-ring (bicyclic) bond motifs is 1. The molecule has 2 amide bonds. The van der Waals surface area contributed by atoms with E-state index in [1.165, 1.54) is 0 Å². The molecule has 2 aromatic rings. The van der Waals surface area contributed by atoms with Crippen LogP contribution in [0.5, 0.6) is 5.75 Å². The fourth-order valence-electron chi connectivity index (χ4n) is 3.46. The average molecular weight is 384 g/mol. The summed E-state index contributed by atoms with van der Waals surface area (Å²) in [7, 11) is 1.63. The van der Waals surface area contributed by atoms with Crippen LogP contribution in [-0.2, 0) is 19.4 Å². The summed E-state index contributed by atoms with van der Waals surface area (Å²) in [5, 5.41) is 5.81. The number of carbonyl (C=O) groups is 2. The Morgan fingerprint density at radius 2 is 2.07 bits per heavy atom. The molecule has 28 heavy (non-hydrogen) atoms. The van der Waals surface area contributed by atoms with E-state index < -0.39 is 0 Å². The molecular weight excluding hydrogens is 356 g/mol. The fourth-order valence-corrected chi connectivity index (χ4v) is 3.46. The molecular formula is C21H28N4O3. The lowest BCUT2D eigenvalue weighted by atomic mass is 10.1. The molecule has 2 N–H and O–H groups in total. The Balaban J connectivity index is 1.70. The van der Waals surface area contributed by atoms with Crippen LogP contribution in [0.3, 0.4) is 0 Å². The molecule has 3 rings (SSSR count). The van der Waals surface area contributed by atoms with E-state index in [4.69, 9.17) is 4.74 Å². The normalized spacial score (nSPS) is 13.1. The van der Waals surface area contributed by atoms with Gasteiger partial charge in [-0.2, -0.15) is 0 Å². The van der Waals surface area contributed by atoms with Gasteiger partial charge in [-0.15, -0.1) is 0 Å². The lowest BCUT2D eigenvalue weighted by Gasteiger charge is -2.17. The van der Waals surface area contributed by atoms with Crippen LogP contribution in [0.25, 0.3) is 0 Å². The van der Waals surface area contributed by atoms with Gasteiger partial charge < -0.3 is 19.9 Å². The van der Waals surface area contributed by atoms with Crippen LogP contribution in [0.15, 0.2) is 24.3 Å². The molecule has 0 atom stereocenters. The molecule has 1 aromatic heterocycles. The summed E-state index contributed by atoms with van der Waals surface area (Å²) in [6.07, 6.45) is 3.45. The number of imidazole rings is 1. The zero-order chi connectivity index (χ0) is 20.1. The highest BCUT2D eigenvalue weighted by Gasteiger charge is 2.27. The molecule has 1 aliphatic heterocycles. The predicted molar refractivity (Wildman–Crippen MR) is 107 cm³/mol. The van der Waals surface area contributed by atoms with Crippen LogP contribution >= 0.6 is 0 Å². The van der Waals surface area contributed by atoms with E-state index in [0.717, 1.165) is 42.8 Å². The first kappa shape index (κ1) is 19.9. The molecule has 1 aromatic carbocycles. The van der Waals surface area contributed by atoms with Gasteiger partial charge in [0.25, 0.3) is 11.8 Å². The van der Waals surface area contributed by atoms with Crippen molar-refractivity contribution in [2.24, 2.45) is 0 Å². The van der Waals surface area contributed by atoms with Gasteiger partial charge in [0, 0.05) is 19.1 Å². The van der Waals surface area contributed by atoms with E-state index in [1.54, 1.807) is 7.11 Å². The quantitative estimate of drug-likeness (QED) is 0.767. The molecule has 0 aliphatic carbocycles. The van der Waals surface area contributed by atoms with Crippen LogP contribution in [-0.4, -0.2) is 41.1 Å². The van der Waals surface area contributed by atoms with Crippen molar-refractivity contribution in [1.82, 2.24) is 20.2 Å². The maximum Gasteiger partial charge on any atom is 0.287 e. The highest BCUT2D eigenvalue weighted by molar-refractivity contribution is 5.97. The molecule has 1 aliphatic rings. The molecule has 0 saturated heterocycles. The Morgan fingerprint density at radius 3 is 2.82 bits per heavy atom. The summed E-state index contributed by atoms with van der Waals surface area (Å²) in [5.41, 5.74) is 2.32. The Labute approximate surface area is 165 Å². The van der Waals surface area contributed by atoms with E-state index in [9.17, 15) is 9.59 Å². The number of ether oxygens (including phenoxy) is 1. The zero-order valence-corrected chi connectivity index (χ0v) is 16.7. The monoisotopic (exact) mass is 384 g/mol. The number of rotatable bonds is 7. The minimum Gasteiger partial charge on any atom is -0.497 e. The molecule has 0 fully saturated rings. The van der Waals surface area contributed by atoms with Gasteiger partial charge in [0.1, 0.15) is 11.4 Å². The zero-order valence-electron chi connectivity index (χ0n) is 16.7. The van der Waals surface area contributed by atoms with Gasteiger partial charge in [-0.1, -0.05) is 12.1 Å². The number of nitrogens with zero attached hydrogens (tertiary/aromatic N) is 2. The maximum atomic E-state index is 12.7. The third kappa shape index (κ3) is 4.52. The SMILES string of the molecule is COc1cccc(CCNC(=O)c2nc(C(=O)NC(C)C)n3c2CCCC3)c1. The summed E-state index contributed by atoms with van der Waals surface area (Å²) in [5.74, 6) is 0.680. The molecule has 7 heteroatoms. The second-order valence-corrected chi connectivity index (χ2v) is 7.33. The van der Waals surface area contributed by atoms with Crippen LogP contribution < -0.4 is 15.4 Å². The van der Waals surface area contributed by atoms with Crippen molar-refractivity contribution in [3.8, 4) is 5.75 Å². The minimum atomic E-state index is -0.228. The topological polar surface area (TPSA) is 85.2 Å². The Bertz CT molecular complexity index is 857. The van der Waals surface area contributed by atoms with Crippen molar-refractivity contribution in [1.29, 1.82) is 0 Å². The second kappa shape index (κ2) is 8.91. The first-order chi connectivity index (χ1) is 13.5. The number of aromatic nitrogens is 2. The summed E-state index contributed by atoms with van der Waals surface area (Å²) in [6.45, 7) is 5.03. The number of amides is 2. The van der Waals surface area contributed by atoms with Crippen LogP contribution in [0.4, 0.5) is 0 Å². The number of nitrogens with one attached hydrogen (secondary N) is 2. The van der Waals surface area contributed by atoms with Gasteiger partial charge in [-0.05, 0) is 57.2 Å². The summed E-state index contributed by atoms with van der Waals surface area (Å²) in [4.78, 5) is 29.6. The van der Waals surface area contributed by atoms with Crippen molar-refractivity contribution in [2.45, 2.75) is 52.1 Å². The molecule has 0 saturated carbocycles. The second-order valence-electron chi connectivity index (χ2n) is 7.33. The first-order valence-corrected chi connectivity index (χ1v) is 9.81. The molecule has 7 nitrogen and oxygen atoms in total. The highest BCUT2D eigenvalue weighted by Crippen LogP contribution is 2.21. The van der Waals surface area contributed by atoms with Crippen molar-refractivity contribution in [3.63, 3.8) is 0 Å². The maximum absolute atomic E-state index is 12.7. The molecule has 0 unspecified atom stereocenters. The van der Waals surface area contributed by atoms with E-state index in [0.29, 0.717) is 24.5 Å². The molecule has 0 spiro atoms. The summed E-state index contributed by atoms with van der Waals surface area (Å²) >= 11 is 0. The largest absolute Gasteiger partial charge is 0.497 e. The van der Waals surface area contributed by atoms with E-state index in [1.807, 2.05) is 42.7 Å². The Morgan fingerprint density at radius 1 is 1.25 bits per heavy atom. The van der Waals surface area contributed by atoms with E-state index in [-0.39, 0.29) is 17.9 Å².